The first kappa shape index (κ1) is 35.8. The van der Waals surface area contributed by atoms with Crippen LogP contribution in [-0.4, -0.2) is 89.7 Å². The van der Waals surface area contributed by atoms with Gasteiger partial charge in [0.05, 0.1) is 43.5 Å². The topological polar surface area (TPSA) is 97.4 Å². The lowest BCUT2D eigenvalue weighted by atomic mass is 9.68. The molecule has 0 radical (unpaired) electrons. The number of amides is 1. The fourth-order valence-corrected chi connectivity index (χ4v) is 10.6. The predicted molar refractivity (Wildman–Crippen MR) is 197 cm³/mol. The van der Waals surface area contributed by atoms with Crippen molar-refractivity contribution in [2.24, 2.45) is 17.8 Å². The maximum absolute atomic E-state index is 13.6. The average Bonchev–Trinajstić information content (AvgIpc) is 3.24. The summed E-state index contributed by atoms with van der Waals surface area (Å²) >= 11 is 6.47. The number of carbonyl (C=O) groups is 1. The maximum Gasteiger partial charge on any atom is 0.264 e. The Morgan fingerprint density at radius 3 is 2.72 bits per heavy atom. The number of allylic oxidation sites excluding steroid dienone is 1. The monoisotopic (exact) mass is 725 g/mol. The fraction of sp³-hybridized carbons (Fsp3) is 0.615. The Morgan fingerprint density at radius 1 is 1.10 bits per heavy atom. The van der Waals surface area contributed by atoms with E-state index in [1.807, 2.05) is 25.1 Å². The first-order chi connectivity index (χ1) is 24.1. The van der Waals surface area contributed by atoms with Crippen LogP contribution >= 0.6 is 11.6 Å². The second-order valence-electron chi connectivity index (χ2n) is 15.2. The molecule has 2 aliphatic carbocycles. The predicted octanol–water partition coefficient (Wildman–Crippen LogP) is 5.99. The summed E-state index contributed by atoms with van der Waals surface area (Å²) in [5.74, 6) is 0.825. The third-order valence-electron chi connectivity index (χ3n) is 11.9. The summed E-state index contributed by atoms with van der Waals surface area (Å²) in [6.45, 7) is 10.8. The minimum Gasteiger partial charge on any atom is -0.490 e. The molecule has 7 rings (SSSR count). The Labute approximate surface area is 302 Å². The van der Waals surface area contributed by atoms with Gasteiger partial charge in [-0.2, -0.15) is 0 Å². The van der Waals surface area contributed by atoms with Gasteiger partial charge in [-0.15, -0.1) is 0 Å². The second-order valence-corrected chi connectivity index (χ2v) is 17.6. The lowest BCUT2D eigenvalue weighted by molar-refractivity contribution is -0.0315. The van der Waals surface area contributed by atoms with E-state index in [4.69, 9.17) is 25.8 Å². The van der Waals surface area contributed by atoms with Gasteiger partial charge in [0, 0.05) is 48.7 Å². The van der Waals surface area contributed by atoms with Crippen molar-refractivity contribution < 1.29 is 27.4 Å². The van der Waals surface area contributed by atoms with Gasteiger partial charge in [0.15, 0.2) is 0 Å². The molecule has 1 saturated heterocycles. The maximum atomic E-state index is 13.6. The molecular formula is C39H52ClN3O6S. The smallest absolute Gasteiger partial charge is 0.264 e. The van der Waals surface area contributed by atoms with Gasteiger partial charge in [0.2, 0.25) is 10.0 Å². The number of hydrogen-bond acceptors (Lipinski definition) is 8. The first-order valence-electron chi connectivity index (χ1n) is 18.6. The van der Waals surface area contributed by atoms with E-state index in [0.29, 0.717) is 43.5 Å². The van der Waals surface area contributed by atoms with Gasteiger partial charge >= 0.3 is 0 Å². The van der Waals surface area contributed by atoms with Crippen LogP contribution in [0.4, 0.5) is 5.69 Å². The lowest BCUT2D eigenvalue weighted by Crippen LogP contribution is -2.50. The summed E-state index contributed by atoms with van der Waals surface area (Å²) in [5.41, 5.74) is 3.47. The van der Waals surface area contributed by atoms with Crippen molar-refractivity contribution in [1.29, 1.82) is 0 Å². The van der Waals surface area contributed by atoms with Crippen molar-refractivity contribution in [3.05, 3.63) is 70.3 Å². The van der Waals surface area contributed by atoms with E-state index in [1.165, 1.54) is 11.1 Å². The normalized spacial score (nSPS) is 32.1. The number of aryl methyl sites for hydroxylation is 1. The number of carbonyl (C=O) groups excluding carboxylic acids is 1. The quantitative estimate of drug-likeness (QED) is 0.376. The molecule has 1 amide bonds. The summed E-state index contributed by atoms with van der Waals surface area (Å²) in [6.07, 6.45) is 10.3. The van der Waals surface area contributed by atoms with E-state index in [9.17, 15) is 13.2 Å². The van der Waals surface area contributed by atoms with Gasteiger partial charge < -0.3 is 19.1 Å². The van der Waals surface area contributed by atoms with Crippen LogP contribution in [0.15, 0.2) is 48.6 Å². The van der Waals surface area contributed by atoms with Crippen LogP contribution in [0.1, 0.15) is 73.9 Å². The number of ether oxygens (including phenoxy) is 3. The molecule has 272 valence electrons. The highest BCUT2D eigenvalue weighted by atomic mass is 35.5. The summed E-state index contributed by atoms with van der Waals surface area (Å²) < 4.78 is 48.5. The van der Waals surface area contributed by atoms with Crippen molar-refractivity contribution >= 4 is 33.2 Å². The minimum atomic E-state index is -3.92. The molecule has 5 aliphatic rings. The molecule has 9 nitrogen and oxygen atoms in total. The zero-order valence-corrected chi connectivity index (χ0v) is 31.0. The van der Waals surface area contributed by atoms with E-state index >= 15 is 0 Å². The van der Waals surface area contributed by atoms with Crippen molar-refractivity contribution in [1.82, 2.24) is 9.62 Å². The van der Waals surface area contributed by atoms with Gasteiger partial charge in [0.25, 0.3) is 5.91 Å². The van der Waals surface area contributed by atoms with Crippen LogP contribution in [0, 0.1) is 17.8 Å². The highest BCUT2D eigenvalue weighted by Gasteiger charge is 2.44. The molecule has 3 aliphatic heterocycles. The Bertz CT molecular complexity index is 1680. The molecule has 2 fully saturated rings. The first-order valence-corrected chi connectivity index (χ1v) is 20.5. The van der Waals surface area contributed by atoms with Crippen LogP contribution in [-0.2, 0) is 31.3 Å². The molecule has 1 spiro atoms. The number of sulfonamides is 1. The lowest BCUT2D eigenvalue weighted by Gasteiger charge is -2.46. The van der Waals surface area contributed by atoms with E-state index in [-0.39, 0.29) is 17.4 Å². The molecule has 2 aromatic carbocycles. The van der Waals surface area contributed by atoms with Crippen molar-refractivity contribution in [2.45, 2.75) is 75.6 Å². The summed E-state index contributed by atoms with van der Waals surface area (Å²) in [6, 6.07) is 11.6. The zero-order chi connectivity index (χ0) is 34.9. The number of benzene rings is 2. The second kappa shape index (κ2) is 15.2. The van der Waals surface area contributed by atoms with Crippen molar-refractivity contribution in [3.63, 3.8) is 0 Å². The zero-order valence-electron chi connectivity index (χ0n) is 29.4. The van der Waals surface area contributed by atoms with Crippen LogP contribution in [0.5, 0.6) is 5.75 Å². The third-order valence-corrected chi connectivity index (χ3v) is 14.0. The van der Waals surface area contributed by atoms with Crippen LogP contribution in [0.25, 0.3) is 0 Å². The van der Waals surface area contributed by atoms with Crippen molar-refractivity contribution in [3.8, 4) is 5.75 Å². The molecule has 1 saturated carbocycles. The molecule has 50 heavy (non-hydrogen) atoms. The number of halogens is 1. The number of nitrogens with one attached hydrogen (secondary N) is 1. The third kappa shape index (κ3) is 7.61. The number of anilines is 1. The molecule has 0 aromatic heterocycles. The summed E-state index contributed by atoms with van der Waals surface area (Å²) in [5, 5.41) is 0.0513. The molecule has 6 atom stereocenters. The minimum absolute atomic E-state index is 0.00299. The van der Waals surface area contributed by atoms with Crippen LogP contribution in [0.3, 0.4) is 0 Å². The average molecular weight is 726 g/mol. The number of morpholine rings is 1. The van der Waals surface area contributed by atoms with Gasteiger partial charge in [0.1, 0.15) is 5.75 Å². The van der Waals surface area contributed by atoms with Crippen LogP contribution in [0.2, 0.25) is 5.02 Å². The Balaban J connectivity index is 1.24. The summed E-state index contributed by atoms with van der Waals surface area (Å²) in [7, 11) is -3.92. The highest BCUT2D eigenvalue weighted by Crippen LogP contribution is 2.47. The molecular weight excluding hydrogens is 674 g/mol. The Morgan fingerprint density at radius 2 is 1.94 bits per heavy atom. The molecule has 0 unspecified atom stereocenters. The van der Waals surface area contributed by atoms with Crippen molar-refractivity contribution in [2.75, 3.05) is 64.1 Å². The van der Waals surface area contributed by atoms with Gasteiger partial charge in [-0.25, -0.2) is 13.1 Å². The molecule has 11 heteroatoms. The van der Waals surface area contributed by atoms with E-state index < -0.39 is 21.2 Å². The Kier molecular flexibility index (Phi) is 10.8. The van der Waals surface area contributed by atoms with Gasteiger partial charge in [-0.1, -0.05) is 43.7 Å². The Hall–Kier alpha value is -2.63. The molecule has 3 heterocycles. The fourth-order valence-electron chi connectivity index (χ4n) is 8.83. The number of nitrogens with zero attached hydrogens (tertiary/aromatic N) is 2. The molecule has 2 bridgehead atoms. The van der Waals surface area contributed by atoms with E-state index in [1.54, 1.807) is 6.07 Å². The number of hydrogen-bond donors (Lipinski definition) is 1. The standard InChI is InChI=1S/C39H52ClN3O6S/c1-3-32-21-27(2)6-12-36(48-20-17-42-15-18-47-19-16-42)33-10-7-30(33)24-43-25-39(14-4-5-28-22-31(40)9-11-34(28)39)26-49-37-13-8-29(23-35(37)43)38(44)41-50(32,45)46/h6,8-9,11-13,22-23,27,30,32-33,36H,3-5,7,10,14-21,24-26H2,1-2H3,(H,41,44)/b12-6-/t27-,30-,32+,33+,36-,39-/m0/s1. The van der Waals surface area contributed by atoms with Gasteiger partial charge in [-0.3, -0.25) is 9.69 Å². The molecule has 2 aromatic rings. The van der Waals surface area contributed by atoms with E-state index in [0.717, 1.165) is 94.5 Å². The SMILES string of the molecule is CC[C@@H]1C[C@@H](C)/C=C\[C@H](OCCN2CCOCC2)[C@@H]2CC[C@H]2CN2C[C@@]3(CCCc4cc(Cl)ccc43)COc3ccc(cc32)C(=O)NS1(=O)=O. The summed E-state index contributed by atoms with van der Waals surface area (Å²) in [4.78, 5) is 18.4. The number of fused-ring (bicyclic) bond motifs is 4. The largest absolute Gasteiger partial charge is 0.490 e. The van der Waals surface area contributed by atoms with Crippen LogP contribution < -0.4 is 14.4 Å². The molecule has 1 N–H and O–H groups in total. The van der Waals surface area contributed by atoms with E-state index in [2.05, 4.69) is 45.7 Å². The number of rotatable bonds is 5. The highest BCUT2D eigenvalue weighted by molar-refractivity contribution is 7.90. The van der Waals surface area contributed by atoms with Gasteiger partial charge in [-0.05, 0) is 104 Å².